The van der Waals surface area contributed by atoms with Gasteiger partial charge in [-0.1, -0.05) is 0 Å². The maximum absolute atomic E-state index is 9.43. The number of fused-ring (bicyclic) bond motifs is 1. The second-order valence-electron chi connectivity index (χ2n) is 3.04. The third-order valence-corrected chi connectivity index (χ3v) is 2.16. The molecule has 0 amide bonds. The summed E-state index contributed by atoms with van der Waals surface area (Å²) in [5.74, 6) is -0.133. The summed E-state index contributed by atoms with van der Waals surface area (Å²) in [6.07, 6.45) is 4.61. The second kappa shape index (κ2) is 2.81. The predicted molar refractivity (Wildman–Crippen MR) is 51.1 cm³/mol. The van der Waals surface area contributed by atoms with Crippen LogP contribution in [0.3, 0.4) is 0 Å². The van der Waals surface area contributed by atoms with Crippen molar-refractivity contribution >= 4 is 10.9 Å². The zero-order chi connectivity index (χ0) is 10.3. The van der Waals surface area contributed by atoms with Crippen LogP contribution in [-0.4, -0.2) is 25.5 Å². The van der Waals surface area contributed by atoms with Gasteiger partial charge in [0.15, 0.2) is 0 Å². The first kappa shape index (κ1) is 7.98. The van der Waals surface area contributed by atoms with Gasteiger partial charge in [0.1, 0.15) is 5.69 Å². The number of rotatable bonds is 1. The zero-order valence-electron chi connectivity index (χ0n) is 7.51. The molecule has 0 saturated heterocycles. The van der Waals surface area contributed by atoms with Crippen LogP contribution in [0.1, 0.15) is 0 Å². The Morgan fingerprint density at radius 2 is 2.27 bits per heavy atom. The normalized spacial score (nSPS) is 10.9. The number of nitrogens with one attached hydrogen (secondary N) is 1. The van der Waals surface area contributed by atoms with Crippen LogP contribution >= 0.6 is 0 Å². The van der Waals surface area contributed by atoms with Crippen molar-refractivity contribution in [2.24, 2.45) is 0 Å². The van der Waals surface area contributed by atoms with Gasteiger partial charge in [-0.05, 0) is 6.07 Å². The number of hydrogen-bond donors (Lipinski definition) is 2. The summed E-state index contributed by atoms with van der Waals surface area (Å²) < 4.78 is 4.96. The molecule has 0 aromatic carbocycles. The highest BCUT2D eigenvalue weighted by atomic mass is 16.3. The minimum atomic E-state index is -0.133. The third kappa shape index (κ3) is 1.08. The van der Waals surface area contributed by atoms with Gasteiger partial charge in [0, 0.05) is 5.56 Å². The fourth-order valence-electron chi connectivity index (χ4n) is 1.44. The molecule has 15 heavy (non-hydrogen) atoms. The maximum atomic E-state index is 9.43. The average molecular weight is 202 g/mol. The van der Waals surface area contributed by atoms with E-state index >= 15 is 0 Å². The van der Waals surface area contributed by atoms with Gasteiger partial charge in [0.2, 0.25) is 5.88 Å². The third-order valence-electron chi connectivity index (χ3n) is 2.16. The van der Waals surface area contributed by atoms with Crippen molar-refractivity contribution in [3.05, 3.63) is 24.8 Å². The molecule has 0 fully saturated rings. The minimum Gasteiger partial charge on any atom is -0.492 e. The van der Waals surface area contributed by atoms with Crippen molar-refractivity contribution in [3.8, 4) is 17.1 Å². The van der Waals surface area contributed by atoms with Gasteiger partial charge in [0.25, 0.3) is 0 Å². The predicted octanol–water partition coefficient (Wildman–Crippen LogP) is 1.32. The summed E-state index contributed by atoms with van der Waals surface area (Å²) in [4.78, 5) is 0. The SMILES string of the molecule is Oc1nnc(-c2ccoc2)c2[nH]ncc12. The van der Waals surface area contributed by atoms with Crippen molar-refractivity contribution in [3.63, 3.8) is 0 Å². The van der Waals surface area contributed by atoms with E-state index in [1.54, 1.807) is 18.6 Å². The monoisotopic (exact) mass is 202 g/mol. The lowest BCUT2D eigenvalue weighted by Crippen LogP contribution is -1.88. The quantitative estimate of drug-likeness (QED) is 0.621. The number of hydrogen-bond acceptors (Lipinski definition) is 5. The van der Waals surface area contributed by atoms with Crippen LogP contribution in [0.5, 0.6) is 5.88 Å². The summed E-state index contributed by atoms with van der Waals surface area (Å²) >= 11 is 0. The topological polar surface area (TPSA) is 87.8 Å². The first-order chi connectivity index (χ1) is 7.36. The van der Waals surface area contributed by atoms with E-state index in [0.29, 0.717) is 16.6 Å². The van der Waals surface area contributed by atoms with Crippen molar-refractivity contribution in [1.82, 2.24) is 20.4 Å². The summed E-state index contributed by atoms with van der Waals surface area (Å²) in [5, 5.41) is 24.1. The van der Waals surface area contributed by atoms with Gasteiger partial charge in [-0.2, -0.15) is 5.10 Å². The number of furan rings is 1. The van der Waals surface area contributed by atoms with E-state index in [1.165, 1.54) is 6.20 Å². The first-order valence-corrected chi connectivity index (χ1v) is 4.27. The van der Waals surface area contributed by atoms with E-state index in [4.69, 9.17) is 4.42 Å². The Labute approximate surface area is 83.6 Å². The second-order valence-corrected chi connectivity index (χ2v) is 3.04. The van der Waals surface area contributed by atoms with Crippen LogP contribution in [0.2, 0.25) is 0 Å². The molecule has 0 spiro atoms. The molecule has 0 aliphatic carbocycles. The Balaban J connectivity index is 2.37. The zero-order valence-corrected chi connectivity index (χ0v) is 7.51. The van der Waals surface area contributed by atoms with Gasteiger partial charge >= 0.3 is 0 Å². The number of H-pyrrole nitrogens is 1. The van der Waals surface area contributed by atoms with E-state index in [-0.39, 0.29) is 5.88 Å². The molecule has 0 radical (unpaired) electrons. The molecule has 3 heterocycles. The highest BCUT2D eigenvalue weighted by molar-refractivity contribution is 5.93. The minimum absolute atomic E-state index is 0.133. The van der Waals surface area contributed by atoms with Crippen molar-refractivity contribution in [1.29, 1.82) is 0 Å². The fraction of sp³-hybridized carbons (Fsp3) is 0. The van der Waals surface area contributed by atoms with Crippen LogP contribution in [0.15, 0.2) is 29.2 Å². The molecular weight excluding hydrogens is 196 g/mol. The molecule has 6 nitrogen and oxygen atoms in total. The molecule has 0 unspecified atom stereocenters. The van der Waals surface area contributed by atoms with Crippen LogP contribution < -0.4 is 0 Å². The molecule has 0 saturated carbocycles. The lowest BCUT2D eigenvalue weighted by atomic mass is 10.2. The van der Waals surface area contributed by atoms with E-state index in [2.05, 4.69) is 20.4 Å². The number of aromatic hydroxyl groups is 1. The highest BCUT2D eigenvalue weighted by Gasteiger charge is 2.12. The van der Waals surface area contributed by atoms with Crippen LogP contribution in [-0.2, 0) is 0 Å². The largest absolute Gasteiger partial charge is 0.492 e. The smallest absolute Gasteiger partial charge is 0.242 e. The molecule has 3 aromatic heterocycles. The molecule has 6 heteroatoms. The molecule has 0 atom stereocenters. The van der Waals surface area contributed by atoms with E-state index < -0.39 is 0 Å². The number of aromatic nitrogens is 4. The van der Waals surface area contributed by atoms with Crippen LogP contribution in [0, 0.1) is 0 Å². The molecule has 3 aromatic rings. The van der Waals surface area contributed by atoms with Crippen molar-refractivity contribution in [2.75, 3.05) is 0 Å². The Morgan fingerprint density at radius 1 is 1.33 bits per heavy atom. The summed E-state index contributed by atoms with van der Waals surface area (Å²) in [5.41, 5.74) is 2.04. The number of aromatic amines is 1. The lowest BCUT2D eigenvalue weighted by Gasteiger charge is -1.97. The van der Waals surface area contributed by atoms with Crippen molar-refractivity contribution in [2.45, 2.75) is 0 Å². The fourth-order valence-corrected chi connectivity index (χ4v) is 1.44. The standard InChI is InChI=1S/C9H6N4O2/c14-9-6-3-10-11-8(6)7(12-13-9)5-1-2-15-4-5/h1-4H,(H,10,11)(H,13,14). The Bertz CT molecular complexity index is 600. The maximum Gasteiger partial charge on any atom is 0.242 e. The van der Waals surface area contributed by atoms with Crippen molar-refractivity contribution < 1.29 is 9.52 Å². The van der Waals surface area contributed by atoms with E-state index in [9.17, 15) is 5.11 Å². The lowest BCUT2D eigenvalue weighted by molar-refractivity contribution is 0.453. The van der Waals surface area contributed by atoms with Crippen LogP contribution in [0.25, 0.3) is 22.2 Å². The molecule has 2 N–H and O–H groups in total. The summed E-state index contributed by atoms with van der Waals surface area (Å²) in [6, 6.07) is 1.77. The average Bonchev–Trinajstić information content (AvgIpc) is 2.88. The van der Waals surface area contributed by atoms with Gasteiger partial charge in [-0.3, -0.25) is 5.10 Å². The molecule has 3 rings (SSSR count). The Morgan fingerprint density at radius 3 is 3.07 bits per heavy atom. The molecule has 0 bridgehead atoms. The summed E-state index contributed by atoms with van der Waals surface area (Å²) in [7, 11) is 0. The van der Waals surface area contributed by atoms with Gasteiger partial charge < -0.3 is 9.52 Å². The van der Waals surface area contributed by atoms with E-state index in [0.717, 1.165) is 5.56 Å². The molecular formula is C9H6N4O2. The first-order valence-electron chi connectivity index (χ1n) is 4.27. The van der Waals surface area contributed by atoms with Gasteiger partial charge in [-0.15, -0.1) is 10.2 Å². The highest BCUT2D eigenvalue weighted by Crippen LogP contribution is 2.28. The molecule has 74 valence electrons. The molecule has 0 aliphatic rings. The Hall–Kier alpha value is -2.37. The molecule has 0 aliphatic heterocycles. The number of nitrogens with zero attached hydrogens (tertiary/aromatic N) is 3. The summed E-state index contributed by atoms with van der Waals surface area (Å²) in [6.45, 7) is 0. The Kier molecular flexibility index (Phi) is 1.49. The van der Waals surface area contributed by atoms with E-state index in [1.807, 2.05) is 0 Å². The van der Waals surface area contributed by atoms with Gasteiger partial charge in [-0.25, -0.2) is 0 Å². The van der Waals surface area contributed by atoms with Crippen LogP contribution in [0.4, 0.5) is 0 Å². The van der Waals surface area contributed by atoms with Gasteiger partial charge in [0.05, 0.1) is 29.6 Å².